The molecule has 16 heavy (non-hydrogen) atoms. The van der Waals surface area contributed by atoms with Crippen LogP contribution in [0, 0.1) is 5.92 Å². The number of unbranched alkanes of at least 4 members (excludes halogenated alkanes) is 3. The molecule has 0 aromatic rings. The third-order valence-corrected chi connectivity index (χ3v) is 3.21. The summed E-state index contributed by atoms with van der Waals surface area (Å²) >= 11 is 0. The molecule has 0 spiro atoms. The van der Waals surface area contributed by atoms with Crippen LogP contribution >= 0.6 is 0 Å². The lowest BCUT2D eigenvalue weighted by molar-refractivity contribution is -0.256. The molecule has 0 bridgehead atoms. The van der Waals surface area contributed by atoms with Crippen molar-refractivity contribution in [2.45, 2.75) is 84.7 Å². The number of ether oxygens (including phenoxy) is 2. The van der Waals surface area contributed by atoms with Crippen molar-refractivity contribution in [2.24, 2.45) is 5.92 Å². The van der Waals surface area contributed by atoms with Gasteiger partial charge in [-0.05, 0) is 19.8 Å². The van der Waals surface area contributed by atoms with Crippen LogP contribution in [-0.4, -0.2) is 18.5 Å². The lowest BCUT2D eigenvalue weighted by Crippen LogP contribution is -2.39. The second kappa shape index (κ2) is 7.29. The van der Waals surface area contributed by atoms with Crippen molar-refractivity contribution in [1.29, 1.82) is 0 Å². The molecule has 2 heteroatoms. The molecule has 0 aliphatic carbocycles. The Bertz CT molecular complexity index is 180. The highest BCUT2D eigenvalue weighted by Gasteiger charge is 2.28. The standard InChI is InChI=1S/C14H28O2/c1-5-6-7-8-9-13-10-12(4)15-14(16-13)11(2)3/h11-14H,5-10H2,1-4H3/t12-,13-,14+/m0/s1. The molecule has 2 nitrogen and oxygen atoms in total. The fourth-order valence-electron chi connectivity index (χ4n) is 2.23. The summed E-state index contributed by atoms with van der Waals surface area (Å²) in [4.78, 5) is 0. The Kier molecular flexibility index (Phi) is 6.37. The first kappa shape index (κ1) is 14.0. The van der Waals surface area contributed by atoms with E-state index in [4.69, 9.17) is 9.47 Å². The third-order valence-electron chi connectivity index (χ3n) is 3.21. The van der Waals surface area contributed by atoms with E-state index < -0.39 is 0 Å². The lowest BCUT2D eigenvalue weighted by Gasteiger charge is -2.36. The van der Waals surface area contributed by atoms with Crippen LogP contribution in [0.3, 0.4) is 0 Å². The van der Waals surface area contributed by atoms with E-state index in [-0.39, 0.29) is 6.29 Å². The topological polar surface area (TPSA) is 18.5 Å². The lowest BCUT2D eigenvalue weighted by atomic mass is 10.0. The van der Waals surface area contributed by atoms with Gasteiger partial charge in [-0.15, -0.1) is 0 Å². The molecule has 1 saturated heterocycles. The van der Waals surface area contributed by atoms with Crippen LogP contribution in [0.15, 0.2) is 0 Å². The van der Waals surface area contributed by atoms with Gasteiger partial charge in [0.05, 0.1) is 12.2 Å². The molecule has 1 fully saturated rings. The molecule has 3 atom stereocenters. The van der Waals surface area contributed by atoms with Gasteiger partial charge in [-0.25, -0.2) is 0 Å². The minimum atomic E-state index is 0.0138. The number of rotatable bonds is 6. The highest BCUT2D eigenvalue weighted by Crippen LogP contribution is 2.26. The Hall–Kier alpha value is -0.0800. The van der Waals surface area contributed by atoms with E-state index in [1.54, 1.807) is 0 Å². The Morgan fingerprint density at radius 2 is 1.88 bits per heavy atom. The molecule has 0 amide bonds. The maximum Gasteiger partial charge on any atom is 0.160 e. The third kappa shape index (κ3) is 4.84. The van der Waals surface area contributed by atoms with Gasteiger partial charge in [0.25, 0.3) is 0 Å². The molecule has 0 saturated carbocycles. The summed E-state index contributed by atoms with van der Waals surface area (Å²) in [6.07, 6.45) is 8.37. The second-order valence-corrected chi connectivity index (χ2v) is 5.40. The molecule has 0 radical (unpaired) electrons. The smallest absolute Gasteiger partial charge is 0.160 e. The molecule has 1 aliphatic rings. The van der Waals surface area contributed by atoms with Gasteiger partial charge in [-0.3, -0.25) is 0 Å². The Morgan fingerprint density at radius 3 is 2.50 bits per heavy atom. The summed E-state index contributed by atoms with van der Waals surface area (Å²) in [5, 5.41) is 0. The van der Waals surface area contributed by atoms with Crippen LogP contribution in [0.4, 0.5) is 0 Å². The Labute approximate surface area is 101 Å². The normalized spacial score (nSPS) is 30.9. The Morgan fingerprint density at radius 1 is 1.12 bits per heavy atom. The average molecular weight is 228 g/mol. The first-order valence-electron chi connectivity index (χ1n) is 6.94. The molecular formula is C14H28O2. The molecular weight excluding hydrogens is 200 g/mol. The van der Waals surface area contributed by atoms with Crippen LogP contribution < -0.4 is 0 Å². The van der Waals surface area contributed by atoms with Gasteiger partial charge in [-0.2, -0.15) is 0 Å². The van der Waals surface area contributed by atoms with Gasteiger partial charge in [0.15, 0.2) is 6.29 Å². The summed E-state index contributed by atoms with van der Waals surface area (Å²) in [7, 11) is 0. The van der Waals surface area contributed by atoms with Crippen LogP contribution in [0.5, 0.6) is 0 Å². The summed E-state index contributed by atoms with van der Waals surface area (Å²) in [5.41, 5.74) is 0. The molecule has 0 unspecified atom stereocenters. The van der Waals surface area contributed by atoms with Gasteiger partial charge in [0.1, 0.15) is 0 Å². The summed E-state index contributed by atoms with van der Waals surface area (Å²) in [6.45, 7) is 8.74. The van der Waals surface area contributed by atoms with Crippen molar-refractivity contribution in [3.63, 3.8) is 0 Å². The number of hydrogen-bond donors (Lipinski definition) is 0. The van der Waals surface area contributed by atoms with Crippen molar-refractivity contribution in [2.75, 3.05) is 0 Å². The van der Waals surface area contributed by atoms with E-state index >= 15 is 0 Å². The van der Waals surface area contributed by atoms with Crippen molar-refractivity contribution >= 4 is 0 Å². The largest absolute Gasteiger partial charge is 0.349 e. The van der Waals surface area contributed by atoms with Crippen LogP contribution in [-0.2, 0) is 9.47 Å². The van der Waals surface area contributed by atoms with Crippen molar-refractivity contribution in [3.05, 3.63) is 0 Å². The highest BCUT2D eigenvalue weighted by atomic mass is 16.7. The van der Waals surface area contributed by atoms with E-state index in [1.165, 1.54) is 32.1 Å². The van der Waals surface area contributed by atoms with Crippen LogP contribution in [0.2, 0.25) is 0 Å². The number of hydrogen-bond acceptors (Lipinski definition) is 2. The fourth-order valence-corrected chi connectivity index (χ4v) is 2.23. The van der Waals surface area contributed by atoms with E-state index in [0.717, 1.165) is 6.42 Å². The minimum absolute atomic E-state index is 0.0138. The monoisotopic (exact) mass is 228 g/mol. The summed E-state index contributed by atoms with van der Waals surface area (Å²) in [6, 6.07) is 0. The molecule has 1 aliphatic heterocycles. The van der Waals surface area contributed by atoms with Crippen molar-refractivity contribution < 1.29 is 9.47 Å². The van der Waals surface area contributed by atoms with E-state index in [9.17, 15) is 0 Å². The first-order valence-corrected chi connectivity index (χ1v) is 6.94. The van der Waals surface area contributed by atoms with Crippen molar-refractivity contribution in [1.82, 2.24) is 0 Å². The molecule has 0 N–H and O–H groups in total. The van der Waals surface area contributed by atoms with Crippen molar-refractivity contribution in [3.8, 4) is 0 Å². The van der Waals surface area contributed by atoms with Gasteiger partial charge in [-0.1, -0.05) is 46.5 Å². The zero-order chi connectivity index (χ0) is 12.0. The van der Waals surface area contributed by atoms with Gasteiger partial charge >= 0.3 is 0 Å². The van der Waals surface area contributed by atoms with E-state index in [1.807, 2.05) is 0 Å². The fraction of sp³-hybridized carbons (Fsp3) is 1.00. The van der Waals surface area contributed by atoms with Gasteiger partial charge in [0.2, 0.25) is 0 Å². The zero-order valence-electron chi connectivity index (χ0n) is 11.4. The molecule has 96 valence electrons. The first-order chi connectivity index (χ1) is 7.63. The second-order valence-electron chi connectivity index (χ2n) is 5.40. The Balaban J connectivity index is 2.25. The molecule has 1 heterocycles. The molecule has 0 aromatic carbocycles. The van der Waals surface area contributed by atoms with E-state index in [0.29, 0.717) is 18.1 Å². The van der Waals surface area contributed by atoms with E-state index in [2.05, 4.69) is 27.7 Å². The predicted molar refractivity (Wildman–Crippen MR) is 67.4 cm³/mol. The average Bonchev–Trinajstić information content (AvgIpc) is 2.23. The summed E-state index contributed by atoms with van der Waals surface area (Å²) < 4.78 is 11.8. The minimum Gasteiger partial charge on any atom is -0.349 e. The highest BCUT2D eigenvalue weighted by molar-refractivity contribution is 4.71. The maximum absolute atomic E-state index is 5.98. The van der Waals surface area contributed by atoms with Crippen LogP contribution in [0.25, 0.3) is 0 Å². The predicted octanol–water partition coefficient (Wildman–Crippen LogP) is 4.13. The molecule has 0 aromatic heterocycles. The summed E-state index contributed by atoms with van der Waals surface area (Å²) in [5.74, 6) is 0.459. The van der Waals surface area contributed by atoms with Gasteiger partial charge in [0, 0.05) is 5.92 Å². The van der Waals surface area contributed by atoms with Crippen LogP contribution in [0.1, 0.15) is 66.2 Å². The van der Waals surface area contributed by atoms with Gasteiger partial charge < -0.3 is 9.47 Å². The quantitative estimate of drug-likeness (QED) is 0.636. The zero-order valence-corrected chi connectivity index (χ0v) is 11.4. The molecule has 1 rings (SSSR count). The maximum atomic E-state index is 5.98. The SMILES string of the molecule is CCCCCC[C@H]1C[C@H](C)O[C@@H](C(C)C)O1.